The van der Waals surface area contributed by atoms with Gasteiger partial charge in [-0.25, -0.2) is 4.98 Å². The monoisotopic (exact) mass is 266 g/mol. The third-order valence-electron chi connectivity index (χ3n) is 3.12. The van der Waals surface area contributed by atoms with Gasteiger partial charge in [0.1, 0.15) is 5.52 Å². The lowest BCUT2D eigenvalue weighted by Crippen LogP contribution is -2.01. The fourth-order valence-corrected chi connectivity index (χ4v) is 2.10. The first kappa shape index (κ1) is 12.5. The van der Waals surface area contributed by atoms with E-state index in [0.717, 1.165) is 23.2 Å². The molecule has 0 saturated heterocycles. The molecule has 0 amide bonds. The Bertz CT molecular complexity index is 746. The molecule has 1 aromatic carbocycles. The quantitative estimate of drug-likeness (QED) is 0.681. The van der Waals surface area contributed by atoms with Gasteiger partial charge in [-0.1, -0.05) is 12.1 Å². The average Bonchev–Trinajstić information content (AvgIpc) is 2.92. The van der Waals surface area contributed by atoms with Crippen molar-refractivity contribution in [3.8, 4) is 5.69 Å². The Hall–Kier alpha value is -2.56. The van der Waals surface area contributed by atoms with Gasteiger partial charge >= 0.3 is 0 Å². The van der Waals surface area contributed by atoms with Crippen LogP contribution in [-0.4, -0.2) is 25.8 Å². The molecular weight excluding hydrogens is 252 g/mol. The number of carbonyl (C=O) groups is 1. The van der Waals surface area contributed by atoms with Gasteiger partial charge in [-0.15, -0.1) is 5.10 Å². The third kappa shape index (κ3) is 2.18. The first-order valence-electron chi connectivity index (χ1n) is 6.59. The van der Waals surface area contributed by atoms with Crippen LogP contribution in [0.1, 0.15) is 30.1 Å². The van der Waals surface area contributed by atoms with Crippen LogP contribution in [0.4, 0.5) is 0 Å². The summed E-state index contributed by atoms with van der Waals surface area (Å²) in [6, 6.07) is 11.1. The smallest absolute Gasteiger partial charge is 0.183 e. The van der Waals surface area contributed by atoms with Crippen LogP contribution in [0.5, 0.6) is 0 Å². The van der Waals surface area contributed by atoms with Crippen LogP contribution in [-0.2, 0) is 0 Å². The standard InChI is InChI=1S/C15H14N4O/c1-2-4-14(20)11-6-8-12(9-7-11)19-15-13(17-18-19)5-3-10-16-15/h3,5-10H,2,4H2,1H3. The van der Waals surface area contributed by atoms with Gasteiger partial charge < -0.3 is 0 Å². The minimum Gasteiger partial charge on any atom is -0.294 e. The average molecular weight is 266 g/mol. The second-order valence-electron chi connectivity index (χ2n) is 4.57. The maximum Gasteiger partial charge on any atom is 0.183 e. The maximum absolute atomic E-state index is 11.8. The number of pyridine rings is 1. The predicted octanol–water partition coefficient (Wildman–Crippen LogP) is 2.80. The fraction of sp³-hybridized carbons (Fsp3) is 0.200. The summed E-state index contributed by atoms with van der Waals surface area (Å²) in [6.07, 6.45) is 3.15. The minimum absolute atomic E-state index is 0.167. The Kier molecular flexibility index (Phi) is 3.25. The Morgan fingerprint density at radius 1 is 1.20 bits per heavy atom. The highest BCUT2D eigenvalue weighted by atomic mass is 16.1. The molecule has 3 aromatic rings. The normalized spacial score (nSPS) is 10.8. The molecule has 0 aliphatic rings. The molecule has 0 N–H and O–H groups in total. The zero-order valence-corrected chi connectivity index (χ0v) is 11.2. The Labute approximate surface area is 116 Å². The highest BCUT2D eigenvalue weighted by Gasteiger charge is 2.08. The first-order valence-corrected chi connectivity index (χ1v) is 6.59. The van der Waals surface area contributed by atoms with Crippen LogP contribution in [0, 0.1) is 0 Å². The van der Waals surface area contributed by atoms with Crippen molar-refractivity contribution in [3.63, 3.8) is 0 Å². The van der Waals surface area contributed by atoms with Gasteiger partial charge in [-0.2, -0.15) is 4.68 Å². The van der Waals surface area contributed by atoms with E-state index in [1.807, 2.05) is 43.3 Å². The molecule has 100 valence electrons. The number of nitrogens with zero attached hydrogens (tertiary/aromatic N) is 4. The molecule has 0 aliphatic heterocycles. The Morgan fingerprint density at radius 2 is 2.00 bits per heavy atom. The summed E-state index contributed by atoms with van der Waals surface area (Å²) >= 11 is 0. The lowest BCUT2D eigenvalue weighted by molar-refractivity contribution is 0.0982. The molecule has 2 heterocycles. The molecule has 0 radical (unpaired) electrons. The predicted molar refractivity (Wildman–Crippen MR) is 75.9 cm³/mol. The number of ketones is 1. The molecule has 0 saturated carbocycles. The molecule has 2 aromatic heterocycles. The van der Waals surface area contributed by atoms with Crippen LogP contribution in [0.25, 0.3) is 16.9 Å². The number of hydrogen-bond donors (Lipinski definition) is 0. The van der Waals surface area contributed by atoms with E-state index in [1.54, 1.807) is 10.9 Å². The number of Topliss-reactive ketones (excluding diaryl/α,β-unsaturated/α-hetero) is 1. The van der Waals surface area contributed by atoms with Gasteiger partial charge in [0, 0.05) is 18.2 Å². The number of hydrogen-bond acceptors (Lipinski definition) is 4. The van der Waals surface area contributed by atoms with E-state index in [2.05, 4.69) is 15.3 Å². The van der Waals surface area contributed by atoms with Crippen molar-refractivity contribution >= 4 is 16.9 Å². The van der Waals surface area contributed by atoms with Crippen molar-refractivity contribution in [2.24, 2.45) is 0 Å². The van der Waals surface area contributed by atoms with E-state index in [9.17, 15) is 4.79 Å². The highest BCUT2D eigenvalue weighted by molar-refractivity contribution is 5.96. The number of carbonyl (C=O) groups excluding carboxylic acids is 1. The van der Waals surface area contributed by atoms with Gasteiger partial charge in [-0.05, 0) is 42.8 Å². The number of benzene rings is 1. The topological polar surface area (TPSA) is 60.7 Å². The summed E-state index contributed by atoms with van der Waals surface area (Å²) in [5.74, 6) is 0.167. The van der Waals surface area contributed by atoms with Crippen LogP contribution in [0.3, 0.4) is 0 Å². The molecule has 20 heavy (non-hydrogen) atoms. The van der Waals surface area contributed by atoms with Gasteiger partial charge in [0.2, 0.25) is 0 Å². The van der Waals surface area contributed by atoms with Gasteiger partial charge in [0.25, 0.3) is 0 Å². The van der Waals surface area contributed by atoms with Gasteiger partial charge in [-0.3, -0.25) is 4.79 Å². The van der Waals surface area contributed by atoms with Crippen molar-refractivity contribution in [2.75, 3.05) is 0 Å². The third-order valence-corrected chi connectivity index (χ3v) is 3.12. The van der Waals surface area contributed by atoms with E-state index >= 15 is 0 Å². The number of rotatable bonds is 4. The van der Waals surface area contributed by atoms with Crippen LogP contribution in [0.2, 0.25) is 0 Å². The molecule has 0 fully saturated rings. The Balaban J connectivity index is 1.97. The second kappa shape index (κ2) is 5.21. The van der Waals surface area contributed by atoms with E-state index in [0.29, 0.717) is 12.1 Å². The molecule has 5 heteroatoms. The zero-order chi connectivity index (χ0) is 13.9. The minimum atomic E-state index is 0.167. The van der Waals surface area contributed by atoms with Crippen LogP contribution in [0.15, 0.2) is 42.6 Å². The van der Waals surface area contributed by atoms with Crippen LogP contribution < -0.4 is 0 Å². The zero-order valence-electron chi connectivity index (χ0n) is 11.2. The molecular formula is C15H14N4O. The molecule has 5 nitrogen and oxygen atoms in total. The van der Waals surface area contributed by atoms with E-state index in [4.69, 9.17) is 0 Å². The molecule has 0 unspecified atom stereocenters. The van der Waals surface area contributed by atoms with Crippen molar-refractivity contribution in [1.29, 1.82) is 0 Å². The molecule has 3 rings (SSSR count). The van der Waals surface area contributed by atoms with E-state index in [-0.39, 0.29) is 5.78 Å². The van der Waals surface area contributed by atoms with Crippen molar-refractivity contribution < 1.29 is 4.79 Å². The summed E-state index contributed by atoms with van der Waals surface area (Å²) in [5, 5.41) is 8.16. The largest absolute Gasteiger partial charge is 0.294 e. The fourth-order valence-electron chi connectivity index (χ4n) is 2.10. The lowest BCUT2D eigenvalue weighted by Gasteiger charge is -2.03. The second-order valence-corrected chi connectivity index (χ2v) is 4.57. The molecule has 0 aliphatic carbocycles. The maximum atomic E-state index is 11.8. The number of fused-ring (bicyclic) bond motifs is 1. The first-order chi connectivity index (χ1) is 9.79. The Morgan fingerprint density at radius 3 is 2.75 bits per heavy atom. The van der Waals surface area contributed by atoms with Crippen LogP contribution >= 0.6 is 0 Å². The van der Waals surface area contributed by atoms with Gasteiger partial charge in [0.15, 0.2) is 11.4 Å². The van der Waals surface area contributed by atoms with E-state index < -0.39 is 0 Å². The summed E-state index contributed by atoms with van der Waals surface area (Å²) in [5.41, 5.74) is 3.03. The van der Waals surface area contributed by atoms with Crippen molar-refractivity contribution in [1.82, 2.24) is 20.0 Å². The number of aromatic nitrogens is 4. The summed E-state index contributed by atoms with van der Waals surface area (Å²) < 4.78 is 1.67. The summed E-state index contributed by atoms with van der Waals surface area (Å²) in [6.45, 7) is 2.00. The summed E-state index contributed by atoms with van der Waals surface area (Å²) in [7, 11) is 0. The molecule has 0 atom stereocenters. The lowest BCUT2D eigenvalue weighted by atomic mass is 10.1. The van der Waals surface area contributed by atoms with Crippen molar-refractivity contribution in [2.45, 2.75) is 19.8 Å². The molecule has 0 bridgehead atoms. The molecule has 0 spiro atoms. The highest BCUT2D eigenvalue weighted by Crippen LogP contribution is 2.15. The van der Waals surface area contributed by atoms with E-state index in [1.165, 1.54) is 0 Å². The SMILES string of the molecule is CCCC(=O)c1ccc(-n2nnc3cccnc32)cc1. The summed E-state index contributed by atoms with van der Waals surface area (Å²) in [4.78, 5) is 16.1. The van der Waals surface area contributed by atoms with Crippen molar-refractivity contribution in [3.05, 3.63) is 48.2 Å². The van der Waals surface area contributed by atoms with Gasteiger partial charge in [0.05, 0.1) is 5.69 Å².